The molecule has 6 atom stereocenters. The Morgan fingerprint density at radius 2 is 1.12 bits per heavy atom. The van der Waals surface area contributed by atoms with Crippen molar-refractivity contribution in [3.8, 4) is 0 Å². The lowest BCUT2D eigenvalue weighted by Crippen LogP contribution is -2.37. The van der Waals surface area contributed by atoms with Crippen LogP contribution in [0.5, 0.6) is 0 Å². The van der Waals surface area contributed by atoms with Gasteiger partial charge >= 0.3 is 11.9 Å². The molecule has 3 aliphatic heterocycles. The number of ether oxygens (including phenoxy) is 2. The molecule has 3 rings (SSSR count). The van der Waals surface area contributed by atoms with Crippen molar-refractivity contribution in [2.75, 3.05) is 52.5 Å². The lowest BCUT2D eigenvalue weighted by atomic mass is 9.81. The SMILES string of the molecule is CCC(COC(=O)CCN1CC1C)(COC(=O)CCN1CC1C)CC(=O)CCN1CC1C. The van der Waals surface area contributed by atoms with Gasteiger partial charge in [0.1, 0.15) is 19.0 Å². The Hall–Kier alpha value is -1.51. The monoisotopic (exact) mass is 451 g/mol. The molecule has 0 N–H and O–H groups in total. The van der Waals surface area contributed by atoms with Gasteiger partial charge in [-0.05, 0) is 27.2 Å². The summed E-state index contributed by atoms with van der Waals surface area (Å²) in [6, 6.07) is 1.67. The van der Waals surface area contributed by atoms with Crippen molar-refractivity contribution in [3.05, 3.63) is 0 Å². The minimum Gasteiger partial charge on any atom is -0.465 e. The van der Waals surface area contributed by atoms with Crippen LogP contribution < -0.4 is 0 Å². The van der Waals surface area contributed by atoms with Crippen LogP contribution in [0.25, 0.3) is 0 Å². The molecule has 0 aromatic carbocycles. The molecular weight excluding hydrogens is 410 g/mol. The third-order valence-electron chi connectivity index (χ3n) is 7.25. The number of nitrogens with zero attached hydrogens (tertiary/aromatic N) is 3. The van der Waals surface area contributed by atoms with Gasteiger partial charge in [0, 0.05) is 75.7 Å². The highest BCUT2D eigenvalue weighted by atomic mass is 16.5. The summed E-state index contributed by atoms with van der Waals surface area (Å²) in [4.78, 5) is 44.0. The van der Waals surface area contributed by atoms with Crippen molar-refractivity contribution in [1.82, 2.24) is 14.7 Å². The minimum atomic E-state index is -0.660. The fourth-order valence-corrected chi connectivity index (χ4v) is 4.14. The van der Waals surface area contributed by atoms with Gasteiger partial charge in [0.15, 0.2) is 0 Å². The molecule has 0 radical (unpaired) electrons. The van der Waals surface area contributed by atoms with Gasteiger partial charge in [-0.25, -0.2) is 0 Å². The first-order valence-corrected chi connectivity index (χ1v) is 12.3. The van der Waals surface area contributed by atoms with E-state index >= 15 is 0 Å². The van der Waals surface area contributed by atoms with Gasteiger partial charge in [-0.3, -0.25) is 29.1 Å². The average Bonchev–Trinajstić information content (AvgIpc) is 3.70. The number of Topliss-reactive ketones (excluding diaryl/α,β-unsaturated/α-hetero) is 1. The van der Waals surface area contributed by atoms with Crippen molar-refractivity contribution in [3.63, 3.8) is 0 Å². The van der Waals surface area contributed by atoms with Crippen LogP contribution >= 0.6 is 0 Å². The summed E-state index contributed by atoms with van der Waals surface area (Å²) in [7, 11) is 0. The number of carbonyl (C=O) groups is 3. The molecule has 3 fully saturated rings. The first kappa shape index (κ1) is 25.1. The van der Waals surface area contributed by atoms with Crippen LogP contribution in [0.3, 0.4) is 0 Å². The van der Waals surface area contributed by atoms with Gasteiger partial charge in [-0.15, -0.1) is 0 Å². The summed E-state index contributed by atoms with van der Waals surface area (Å²) in [5, 5.41) is 0. The second-order valence-electron chi connectivity index (χ2n) is 10.2. The highest BCUT2D eigenvalue weighted by molar-refractivity contribution is 5.79. The molecule has 6 unspecified atom stereocenters. The Kier molecular flexibility index (Phi) is 8.69. The summed E-state index contributed by atoms with van der Waals surface area (Å²) in [5.74, 6) is -0.378. The molecule has 0 saturated carbocycles. The second kappa shape index (κ2) is 11.1. The zero-order valence-electron chi connectivity index (χ0n) is 20.3. The average molecular weight is 452 g/mol. The molecule has 0 amide bonds. The normalized spacial score (nSPS) is 32.0. The van der Waals surface area contributed by atoms with Crippen molar-refractivity contribution in [1.29, 1.82) is 0 Å². The fraction of sp³-hybridized carbons (Fsp3) is 0.875. The standard InChI is InChI=1S/C24H41N3O5/c1-5-24(12-21(28)6-9-25-13-18(25)2,16-31-22(29)7-10-26-14-19(26)3)17-32-23(30)8-11-27-15-20(27)4/h18-20H,5-17H2,1-4H3. The smallest absolute Gasteiger partial charge is 0.307 e. The third kappa shape index (κ3) is 8.12. The topological polar surface area (TPSA) is 78.7 Å². The van der Waals surface area contributed by atoms with Gasteiger partial charge < -0.3 is 9.47 Å². The van der Waals surface area contributed by atoms with E-state index in [2.05, 4.69) is 35.5 Å². The van der Waals surface area contributed by atoms with E-state index in [0.29, 0.717) is 56.9 Å². The Bertz CT molecular complexity index is 649. The maximum Gasteiger partial charge on any atom is 0.307 e. The van der Waals surface area contributed by atoms with E-state index in [1.54, 1.807) is 0 Å². The molecule has 0 aliphatic carbocycles. The van der Waals surface area contributed by atoms with Gasteiger partial charge in [0.05, 0.1) is 12.8 Å². The fourth-order valence-electron chi connectivity index (χ4n) is 4.14. The number of esters is 2. The van der Waals surface area contributed by atoms with E-state index in [1.165, 1.54) is 0 Å². The Labute approximate surface area is 192 Å². The van der Waals surface area contributed by atoms with Gasteiger partial charge in [-0.1, -0.05) is 6.92 Å². The van der Waals surface area contributed by atoms with Crippen LogP contribution in [-0.2, 0) is 23.9 Å². The number of rotatable bonds is 16. The molecule has 3 aliphatic rings. The predicted molar refractivity (Wildman–Crippen MR) is 121 cm³/mol. The van der Waals surface area contributed by atoms with E-state index in [9.17, 15) is 14.4 Å². The van der Waals surface area contributed by atoms with E-state index in [1.807, 2.05) is 6.92 Å². The summed E-state index contributed by atoms with van der Waals surface area (Å²) < 4.78 is 11.2. The molecular formula is C24H41N3O5. The number of ketones is 1. The van der Waals surface area contributed by atoms with Crippen molar-refractivity contribution < 1.29 is 23.9 Å². The molecule has 3 heterocycles. The van der Waals surface area contributed by atoms with Crippen molar-refractivity contribution >= 4 is 17.7 Å². The maximum absolute atomic E-state index is 12.7. The molecule has 8 nitrogen and oxygen atoms in total. The highest BCUT2D eigenvalue weighted by Crippen LogP contribution is 2.30. The highest BCUT2D eigenvalue weighted by Gasteiger charge is 2.36. The van der Waals surface area contributed by atoms with E-state index < -0.39 is 5.41 Å². The molecule has 3 saturated heterocycles. The zero-order valence-corrected chi connectivity index (χ0v) is 20.3. The molecule has 182 valence electrons. The number of hydrogen-bond acceptors (Lipinski definition) is 8. The number of hydrogen-bond donors (Lipinski definition) is 0. The second-order valence-corrected chi connectivity index (χ2v) is 10.2. The minimum absolute atomic E-state index is 0.111. The van der Waals surface area contributed by atoms with Crippen LogP contribution in [0.15, 0.2) is 0 Å². The maximum atomic E-state index is 12.7. The van der Waals surface area contributed by atoms with Crippen molar-refractivity contribution in [2.24, 2.45) is 5.41 Å². The number of carbonyl (C=O) groups excluding carboxylic acids is 3. The third-order valence-corrected chi connectivity index (χ3v) is 7.25. The summed E-state index contributed by atoms with van der Waals surface area (Å²) >= 11 is 0. The van der Waals surface area contributed by atoms with E-state index in [4.69, 9.17) is 9.47 Å². The lowest BCUT2D eigenvalue weighted by Gasteiger charge is -2.31. The first-order valence-electron chi connectivity index (χ1n) is 12.3. The van der Waals surface area contributed by atoms with Gasteiger partial charge in [0.2, 0.25) is 0 Å². The Morgan fingerprint density at radius 3 is 1.47 bits per heavy atom. The molecule has 32 heavy (non-hydrogen) atoms. The zero-order chi connectivity index (χ0) is 23.3. The molecule has 0 bridgehead atoms. The summed E-state index contributed by atoms with van der Waals surface area (Å²) in [5.41, 5.74) is -0.660. The first-order chi connectivity index (χ1) is 15.2. The summed E-state index contributed by atoms with van der Waals surface area (Å²) in [6.45, 7) is 13.9. The molecule has 8 heteroatoms. The largest absolute Gasteiger partial charge is 0.465 e. The van der Waals surface area contributed by atoms with Crippen LogP contribution in [0.2, 0.25) is 0 Å². The van der Waals surface area contributed by atoms with E-state index in [0.717, 1.165) is 26.2 Å². The van der Waals surface area contributed by atoms with Gasteiger partial charge in [-0.2, -0.15) is 0 Å². The summed E-state index contributed by atoms with van der Waals surface area (Å²) in [6.07, 6.45) is 2.04. The van der Waals surface area contributed by atoms with Crippen LogP contribution in [0, 0.1) is 5.41 Å². The van der Waals surface area contributed by atoms with Crippen molar-refractivity contribution in [2.45, 2.75) is 77.9 Å². The quantitative estimate of drug-likeness (QED) is 0.259. The molecule has 0 spiro atoms. The Balaban J connectivity index is 1.48. The predicted octanol–water partition coefficient (Wildman–Crippen LogP) is 1.71. The van der Waals surface area contributed by atoms with Crippen LogP contribution in [0.1, 0.15) is 59.8 Å². The van der Waals surface area contributed by atoms with Crippen LogP contribution in [0.4, 0.5) is 0 Å². The lowest BCUT2D eigenvalue weighted by molar-refractivity contribution is -0.156. The molecule has 0 aromatic heterocycles. The Morgan fingerprint density at radius 1 is 0.750 bits per heavy atom. The van der Waals surface area contributed by atoms with E-state index in [-0.39, 0.29) is 37.4 Å². The molecule has 0 aromatic rings. The van der Waals surface area contributed by atoms with Crippen LogP contribution in [-0.4, -0.2) is 103 Å². The van der Waals surface area contributed by atoms with Gasteiger partial charge in [0.25, 0.3) is 0 Å².